The molecule has 8 nitrogen and oxygen atoms in total. The first kappa shape index (κ1) is 18.5. The summed E-state index contributed by atoms with van der Waals surface area (Å²) in [6.45, 7) is 0.440. The molecule has 1 aromatic heterocycles. The van der Waals surface area contributed by atoms with Gasteiger partial charge in [0, 0.05) is 14.1 Å². The van der Waals surface area contributed by atoms with Crippen LogP contribution in [-0.2, 0) is 20.7 Å². The molecule has 0 aliphatic carbocycles. The van der Waals surface area contributed by atoms with Crippen LogP contribution in [0.1, 0.15) is 22.7 Å². The lowest BCUT2D eigenvalue weighted by Gasteiger charge is -2.28. The minimum absolute atomic E-state index is 0.205. The first-order chi connectivity index (χ1) is 14.0. The third-order valence-corrected chi connectivity index (χ3v) is 4.96. The monoisotopic (exact) mass is 392 g/mol. The molecule has 2 heterocycles. The van der Waals surface area contributed by atoms with E-state index < -0.39 is 23.3 Å². The van der Waals surface area contributed by atoms with Gasteiger partial charge in [0.1, 0.15) is 18.2 Å². The molecule has 29 heavy (non-hydrogen) atoms. The Hall–Kier alpha value is -3.81. The Morgan fingerprint density at radius 1 is 0.931 bits per heavy atom. The quantitative estimate of drug-likeness (QED) is 0.709. The summed E-state index contributed by atoms with van der Waals surface area (Å²) in [6, 6.07) is 15.8. The maximum absolute atomic E-state index is 12.7. The lowest BCUT2D eigenvalue weighted by Crippen LogP contribution is -2.49. The topological polar surface area (TPSA) is 94.4 Å². The van der Waals surface area contributed by atoms with Crippen molar-refractivity contribution < 1.29 is 9.53 Å². The van der Waals surface area contributed by atoms with Crippen molar-refractivity contribution in [1.29, 1.82) is 0 Å². The molecule has 0 spiro atoms. The first-order valence-corrected chi connectivity index (χ1v) is 9.10. The standard InChI is InChI=1S/C21H20N4O4/c1-24-18-16(19(26)25(2)21(24)28)17(22-20(27)23-18)14-8-10-15(11-9-14)29-12-13-6-4-3-5-7-13/h3-11,17H,12H2,1-2H3,(H2,22,23,27). The van der Waals surface area contributed by atoms with Crippen LogP contribution >= 0.6 is 0 Å². The van der Waals surface area contributed by atoms with Crippen molar-refractivity contribution in [3.8, 4) is 5.75 Å². The summed E-state index contributed by atoms with van der Waals surface area (Å²) >= 11 is 0. The van der Waals surface area contributed by atoms with E-state index in [-0.39, 0.29) is 5.82 Å². The number of urea groups is 1. The molecule has 1 unspecified atom stereocenters. The van der Waals surface area contributed by atoms with Crippen molar-refractivity contribution in [2.45, 2.75) is 12.6 Å². The van der Waals surface area contributed by atoms with Crippen LogP contribution < -0.4 is 26.6 Å². The number of nitrogens with zero attached hydrogens (tertiary/aromatic N) is 2. The average molecular weight is 392 g/mol. The van der Waals surface area contributed by atoms with Gasteiger partial charge in [0.25, 0.3) is 5.56 Å². The van der Waals surface area contributed by atoms with Crippen LogP contribution in [0, 0.1) is 0 Å². The van der Waals surface area contributed by atoms with Gasteiger partial charge in [-0.1, -0.05) is 42.5 Å². The number of carbonyl (C=O) groups excluding carboxylic acids is 1. The number of aromatic nitrogens is 2. The van der Waals surface area contributed by atoms with Crippen molar-refractivity contribution in [1.82, 2.24) is 14.5 Å². The van der Waals surface area contributed by atoms with E-state index in [2.05, 4.69) is 10.6 Å². The number of fused-ring (bicyclic) bond motifs is 1. The molecule has 0 saturated carbocycles. The maximum atomic E-state index is 12.7. The molecule has 2 N–H and O–H groups in total. The smallest absolute Gasteiger partial charge is 0.332 e. The van der Waals surface area contributed by atoms with E-state index >= 15 is 0 Å². The molecule has 1 atom stereocenters. The van der Waals surface area contributed by atoms with E-state index in [1.54, 1.807) is 24.3 Å². The van der Waals surface area contributed by atoms with Gasteiger partial charge in [-0.05, 0) is 23.3 Å². The van der Waals surface area contributed by atoms with Crippen LogP contribution in [0.2, 0.25) is 0 Å². The first-order valence-electron chi connectivity index (χ1n) is 9.10. The third-order valence-electron chi connectivity index (χ3n) is 4.96. The van der Waals surface area contributed by atoms with Crippen molar-refractivity contribution in [3.63, 3.8) is 0 Å². The molecule has 8 heteroatoms. The Morgan fingerprint density at radius 2 is 1.62 bits per heavy atom. The van der Waals surface area contributed by atoms with Gasteiger partial charge in [-0.2, -0.15) is 0 Å². The third kappa shape index (κ3) is 3.40. The van der Waals surface area contributed by atoms with Gasteiger partial charge < -0.3 is 10.1 Å². The minimum atomic E-state index is -0.674. The number of ether oxygens (including phenoxy) is 1. The molecule has 0 radical (unpaired) electrons. The summed E-state index contributed by atoms with van der Waals surface area (Å²) in [5, 5.41) is 5.32. The number of carbonyl (C=O) groups is 1. The number of hydrogen-bond acceptors (Lipinski definition) is 4. The fourth-order valence-corrected chi connectivity index (χ4v) is 3.38. The number of nitrogens with one attached hydrogen (secondary N) is 2. The molecule has 2 amide bonds. The number of anilines is 1. The Labute approximate surface area is 166 Å². The molecule has 0 saturated heterocycles. The number of amides is 2. The minimum Gasteiger partial charge on any atom is -0.489 e. The van der Waals surface area contributed by atoms with Crippen LogP contribution in [0.3, 0.4) is 0 Å². The summed E-state index contributed by atoms with van der Waals surface area (Å²) in [7, 11) is 2.93. The van der Waals surface area contributed by atoms with Gasteiger partial charge in [0.05, 0.1) is 11.6 Å². The Kier molecular flexibility index (Phi) is 4.67. The molecular weight excluding hydrogens is 372 g/mol. The van der Waals surface area contributed by atoms with Crippen molar-refractivity contribution in [2.75, 3.05) is 5.32 Å². The zero-order chi connectivity index (χ0) is 20.5. The maximum Gasteiger partial charge on any atom is 0.332 e. The second kappa shape index (κ2) is 7.31. The average Bonchev–Trinajstić information content (AvgIpc) is 2.75. The van der Waals surface area contributed by atoms with E-state index in [0.717, 1.165) is 10.1 Å². The number of benzene rings is 2. The lowest BCUT2D eigenvalue weighted by atomic mass is 9.98. The molecule has 4 rings (SSSR count). The highest BCUT2D eigenvalue weighted by Crippen LogP contribution is 2.29. The SMILES string of the molecule is Cn1c2c(c(=O)n(C)c1=O)C(c1ccc(OCc3ccccc3)cc1)NC(=O)N2. The van der Waals surface area contributed by atoms with Crippen molar-refractivity contribution in [2.24, 2.45) is 14.1 Å². The summed E-state index contributed by atoms with van der Waals surface area (Å²) in [6.07, 6.45) is 0. The number of hydrogen-bond donors (Lipinski definition) is 2. The zero-order valence-electron chi connectivity index (χ0n) is 16.0. The zero-order valence-corrected chi connectivity index (χ0v) is 16.0. The van der Waals surface area contributed by atoms with E-state index in [1.165, 1.54) is 18.7 Å². The van der Waals surface area contributed by atoms with Crippen molar-refractivity contribution in [3.05, 3.63) is 92.1 Å². The van der Waals surface area contributed by atoms with E-state index in [9.17, 15) is 14.4 Å². The molecule has 1 aliphatic rings. The molecule has 3 aromatic rings. The Morgan fingerprint density at radius 3 is 2.31 bits per heavy atom. The Bertz CT molecular complexity index is 1180. The number of rotatable bonds is 4. The van der Waals surface area contributed by atoms with Crippen LogP contribution in [-0.4, -0.2) is 15.2 Å². The second-order valence-electron chi connectivity index (χ2n) is 6.84. The van der Waals surface area contributed by atoms with E-state index in [4.69, 9.17) is 4.74 Å². The summed E-state index contributed by atoms with van der Waals surface area (Å²) in [5.74, 6) is 0.878. The highest BCUT2D eigenvalue weighted by atomic mass is 16.5. The molecule has 2 aromatic carbocycles. The van der Waals surface area contributed by atoms with Gasteiger partial charge in [-0.15, -0.1) is 0 Å². The Balaban J connectivity index is 1.65. The van der Waals surface area contributed by atoms with Crippen LogP contribution in [0.15, 0.2) is 64.2 Å². The predicted octanol–water partition coefficient (Wildman–Crippen LogP) is 1.89. The predicted molar refractivity (Wildman–Crippen MR) is 108 cm³/mol. The van der Waals surface area contributed by atoms with Gasteiger partial charge in [-0.25, -0.2) is 9.59 Å². The molecule has 0 fully saturated rings. The highest BCUT2D eigenvalue weighted by molar-refractivity contribution is 5.92. The molecule has 1 aliphatic heterocycles. The van der Waals surface area contributed by atoms with Gasteiger partial charge in [-0.3, -0.25) is 19.2 Å². The van der Waals surface area contributed by atoms with Crippen LogP contribution in [0.25, 0.3) is 0 Å². The van der Waals surface area contributed by atoms with Gasteiger partial charge in [0.15, 0.2) is 0 Å². The fourth-order valence-electron chi connectivity index (χ4n) is 3.38. The lowest BCUT2D eigenvalue weighted by molar-refractivity contribution is 0.248. The summed E-state index contributed by atoms with van der Waals surface area (Å²) in [5.41, 5.74) is 1.13. The summed E-state index contributed by atoms with van der Waals surface area (Å²) in [4.78, 5) is 37.0. The fraction of sp³-hybridized carbons (Fsp3) is 0.190. The van der Waals surface area contributed by atoms with E-state index in [1.807, 2.05) is 30.3 Å². The second-order valence-corrected chi connectivity index (χ2v) is 6.84. The van der Waals surface area contributed by atoms with Crippen LogP contribution in [0.5, 0.6) is 5.75 Å². The molecular formula is C21H20N4O4. The van der Waals surface area contributed by atoms with Crippen molar-refractivity contribution >= 4 is 11.8 Å². The summed E-state index contributed by atoms with van der Waals surface area (Å²) < 4.78 is 8.09. The molecule has 0 bridgehead atoms. The molecule has 148 valence electrons. The highest BCUT2D eigenvalue weighted by Gasteiger charge is 2.31. The normalized spacial score (nSPS) is 15.2. The van der Waals surface area contributed by atoms with Gasteiger partial charge in [0.2, 0.25) is 0 Å². The largest absolute Gasteiger partial charge is 0.489 e. The van der Waals surface area contributed by atoms with E-state index in [0.29, 0.717) is 23.5 Å². The van der Waals surface area contributed by atoms with Gasteiger partial charge >= 0.3 is 11.7 Å². The van der Waals surface area contributed by atoms with Crippen LogP contribution in [0.4, 0.5) is 10.6 Å².